The highest BCUT2D eigenvalue weighted by Gasteiger charge is 2.31. The first-order chi connectivity index (χ1) is 8.61. The Morgan fingerprint density at radius 1 is 1.72 bits per heavy atom. The number of nitrogens with zero attached hydrogens (tertiary/aromatic N) is 5. The molecule has 1 atom stereocenters. The van der Waals surface area contributed by atoms with Crippen LogP contribution in [0.3, 0.4) is 0 Å². The Labute approximate surface area is 118 Å². The first kappa shape index (κ1) is 13.1. The number of aryl methyl sites for hydroxylation is 1. The number of carbonyl (C=O) groups is 1. The third-order valence-corrected chi connectivity index (χ3v) is 3.47. The monoisotopic (exact) mass is 357 g/mol. The second-order valence-corrected chi connectivity index (χ2v) is 5.53. The smallest absolute Gasteiger partial charge is 0.228 e. The van der Waals surface area contributed by atoms with Crippen LogP contribution < -0.4 is 4.90 Å². The Hall–Kier alpha value is -1.34. The highest BCUT2D eigenvalue weighted by molar-refractivity contribution is 14.1. The number of carbonyl (C=O) groups excluding carboxylic acids is 1. The van der Waals surface area contributed by atoms with Crippen LogP contribution in [0, 0.1) is 16.4 Å². The van der Waals surface area contributed by atoms with E-state index in [2.05, 4.69) is 37.6 Å². The van der Waals surface area contributed by atoms with Crippen molar-refractivity contribution in [1.29, 1.82) is 0 Å². The Morgan fingerprint density at radius 3 is 3.17 bits per heavy atom. The lowest BCUT2D eigenvalue weighted by Gasteiger charge is -2.17. The summed E-state index contributed by atoms with van der Waals surface area (Å²) in [5.74, 6) is 0.850. The zero-order chi connectivity index (χ0) is 13.1. The minimum absolute atomic E-state index is 0.0462. The largest absolute Gasteiger partial charge is 0.296 e. The maximum absolute atomic E-state index is 11.9. The molecule has 1 aromatic heterocycles. The fourth-order valence-corrected chi connectivity index (χ4v) is 2.68. The van der Waals surface area contributed by atoms with E-state index < -0.39 is 0 Å². The number of amides is 1. The molecule has 18 heavy (non-hydrogen) atoms. The highest BCUT2D eigenvalue weighted by Crippen LogP contribution is 2.26. The van der Waals surface area contributed by atoms with Crippen molar-refractivity contribution in [3.63, 3.8) is 0 Å². The minimum atomic E-state index is 0.0462. The van der Waals surface area contributed by atoms with Crippen molar-refractivity contribution in [2.24, 2.45) is 11.0 Å². The lowest BCUT2D eigenvalue weighted by Crippen LogP contribution is -2.26. The number of anilines is 1. The van der Waals surface area contributed by atoms with Gasteiger partial charge in [-0.25, -0.2) is 4.98 Å². The van der Waals surface area contributed by atoms with Crippen molar-refractivity contribution in [3.05, 3.63) is 31.8 Å². The average Bonchev–Trinajstić information content (AvgIpc) is 2.68. The van der Waals surface area contributed by atoms with E-state index in [4.69, 9.17) is 5.53 Å². The zero-order valence-electron chi connectivity index (χ0n) is 9.88. The van der Waals surface area contributed by atoms with Crippen LogP contribution in [0.15, 0.2) is 17.4 Å². The molecule has 0 N–H and O–H groups in total. The summed E-state index contributed by atoms with van der Waals surface area (Å²) in [4.78, 5) is 20.7. The van der Waals surface area contributed by atoms with Crippen molar-refractivity contribution >= 4 is 34.3 Å². The van der Waals surface area contributed by atoms with Gasteiger partial charge in [-0.1, -0.05) is 5.11 Å². The van der Waals surface area contributed by atoms with Crippen LogP contribution in [0.1, 0.15) is 12.0 Å². The first-order valence-corrected chi connectivity index (χ1v) is 6.63. The van der Waals surface area contributed by atoms with Gasteiger partial charge in [0.05, 0.1) is 0 Å². The van der Waals surface area contributed by atoms with E-state index in [9.17, 15) is 4.79 Å². The van der Waals surface area contributed by atoms with E-state index in [-0.39, 0.29) is 11.8 Å². The lowest BCUT2D eigenvalue weighted by molar-refractivity contribution is -0.117. The van der Waals surface area contributed by atoms with E-state index in [0.29, 0.717) is 25.3 Å². The second-order valence-electron chi connectivity index (χ2n) is 4.28. The van der Waals surface area contributed by atoms with Gasteiger partial charge in [-0.2, -0.15) is 0 Å². The van der Waals surface area contributed by atoms with Crippen LogP contribution >= 0.6 is 22.6 Å². The molecule has 1 aromatic rings. The van der Waals surface area contributed by atoms with Crippen LogP contribution in [0.5, 0.6) is 0 Å². The zero-order valence-corrected chi connectivity index (χ0v) is 12.0. The summed E-state index contributed by atoms with van der Waals surface area (Å²) in [6.07, 6.45) is 2.17. The molecule has 1 saturated heterocycles. The van der Waals surface area contributed by atoms with Crippen LogP contribution in [0.2, 0.25) is 0 Å². The molecule has 1 aliphatic rings. The van der Waals surface area contributed by atoms with E-state index in [1.54, 1.807) is 11.1 Å². The standard InChI is InChI=1S/C11H12IN5O/c1-7-2-9(12)5-14-11(7)17-6-8(3-10(17)18)4-15-16-13/h2,5,8H,3-4,6H2,1H3. The van der Waals surface area contributed by atoms with Gasteiger partial charge in [0.25, 0.3) is 0 Å². The van der Waals surface area contributed by atoms with Gasteiger partial charge in [-0.3, -0.25) is 9.69 Å². The van der Waals surface area contributed by atoms with Gasteiger partial charge in [-0.15, -0.1) is 0 Å². The predicted octanol–water partition coefficient (Wildman–Crippen LogP) is 2.66. The van der Waals surface area contributed by atoms with Crippen molar-refractivity contribution in [2.75, 3.05) is 18.0 Å². The number of hydrogen-bond donors (Lipinski definition) is 0. The van der Waals surface area contributed by atoms with Crippen molar-refractivity contribution in [1.82, 2.24) is 4.98 Å². The molecular weight excluding hydrogens is 345 g/mol. The molecule has 2 heterocycles. The predicted molar refractivity (Wildman–Crippen MR) is 76.2 cm³/mol. The Kier molecular flexibility index (Phi) is 4.03. The van der Waals surface area contributed by atoms with Gasteiger partial charge in [-0.05, 0) is 52.6 Å². The van der Waals surface area contributed by atoms with Gasteiger partial charge < -0.3 is 0 Å². The van der Waals surface area contributed by atoms with Crippen LogP contribution in [-0.2, 0) is 4.79 Å². The number of azide groups is 1. The van der Waals surface area contributed by atoms with Crippen molar-refractivity contribution < 1.29 is 4.79 Å². The molecule has 1 amide bonds. The third kappa shape index (κ3) is 2.73. The molecule has 1 unspecified atom stereocenters. The van der Waals surface area contributed by atoms with Gasteiger partial charge in [0, 0.05) is 34.2 Å². The summed E-state index contributed by atoms with van der Waals surface area (Å²) >= 11 is 2.19. The molecule has 0 aliphatic carbocycles. The number of halogens is 1. The van der Waals surface area contributed by atoms with Crippen LogP contribution in [0.25, 0.3) is 10.4 Å². The fraction of sp³-hybridized carbons (Fsp3) is 0.455. The quantitative estimate of drug-likeness (QED) is 0.361. The molecule has 94 valence electrons. The molecule has 0 bridgehead atoms. The summed E-state index contributed by atoms with van der Waals surface area (Å²) in [7, 11) is 0. The third-order valence-electron chi connectivity index (χ3n) is 2.88. The Balaban J connectivity index is 2.18. The Bertz CT molecular complexity index is 526. The van der Waals surface area contributed by atoms with Crippen LogP contribution in [-0.4, -0.2) is 24.0 Å². The molecule has 1 fully saturated rings. The number of hydrogen-bond acceptors (Lipinski definition) is 3. The summed E-state index contributed by atoms with van der Waals surface area (Å²) in [5, 5.41) is 3.53. The first-order valence-electron chi connectivity index (χ1n) is 5.55. The van der Waals surface area contributed by atoms with Gasteiger partial charge in [0.15, 0.2) is 0 Å². The molecule has 0 saturated carbocycles. The molecule has 6 nitrogen and oxygen atoms in total. The molecule has 1 aliphatic heterocycles. The van der Waals surface area contributed by atoms with Gasteiger partial charge in [0.1, 0.15) is 5.82 Å². The van der Waals surface area contributed by atoms with E-state index in [1.807, 2.05) is 13.0 Å². The van der Waals surface area contributed by atoms with Crippen molar-refractivity contribution in [3.8, 4) is 0 Å². The van der Waals surface area contributed by atoms with Gasteiger partial charge >= 0.3 is 0 Å². The maximum atomic E-state index is 11.9. The number of rotatable bonds is 3. The fourth-order valence-electron chi connectivity index (χ4n) is 2.08. The normalized spacial score (nSPS) is 18.9. The molecule has 7 heteroatoms. The molecule has 2 rings (SSSR count). The molecule has 0 spiro atoms. The van der Waals surface area contributed by atoms with Gasteiger partial charge in [0.2, 0.25) is 5.91 Å². The Morgan fingerprint density at radius 2 is 2.50 bits per heavy atom. The van der Waals surface area contributed by atoms with Crippen molar-refractivity contribution in [2.45, 2.75) is 13.3 Å². The summed E-state index contributed by atoms with van der Waals surface area (Å²) in [5.41, 5.74) is 9.28. The van der Waals surface area contributed by atoms with E-state index in [1.165, 1.54) is 0 Å². The topological polar surface area (TPSA) is 82.0 Å². The van der Waals surface area contributed by atoms with E-state index in [0.717, 1.165) is 9.13 Å². The maximum Gasteiger partial charge on any atom is 0.228 e. The average molecular weight is 357 g/mol. The highest BCUT2D eigenvalue weighted by atomic mass is 127. The summed E-state index contributed by atoms with van der Waals surface area (Å²) in [6, 6.07) is 2.00. The summed E-state index contributed by atoms with van der Waals surface area (Å²) in [6.45, 7) is 2.88. The number of aromatic nitrogens is 1. The van der Waals surface area contributed by atoms with Crippen LogP contribution in [0.4, 0.5) is 5.82 Å². The SMILES string of the molecule is Cc1cc(I)cnc1N1CC(CN=[N+]=[N-])CC1=O. The minimum Gasteiger partial charge on any atom is -0.296 e. The second kappa shape index (κ2) is 5.53. The lowest BCUT2D eigenvalue weighted by atomic mass is 10.1. The summed E-state index contributed by atoms with van der Waals surface area (Å²) < 4.78 is 1.05. The molecule has 0 radical (unpaired) electrons. The molecule has 0 aromatic carbocycles. The number of pyridine rings is 1. The molecular formula is C11H12IN5O. The van der Waals surface area contributed by atoms with E-state index >= 15 is 0 Å².